The minimum atomic E-state index is 0.196. The van der Waals surface area contributed by atoms with E-state index in [9.17, 15) is 0 Å². The summed E-state index contributed by atoms with van der Waals surface area (Å²) in [6.45, 7) is 1.73. The summed E-state index contributed by atoms with van der Waals surface area (Å²) >= 11 is 12.6. The van der Waals surface area contributed by atoms with Crippen LogP contribution < -0.4 is 5.73 Å². The van der Waals surface area contributed by atoms with Gasteiger partial charge in [0, 0.05) is 28.7 Å². The molecule has 0 radical (unpaired) electrons. The molecule has 1 aromatic rings. The molecule has 1 unspecified atom stereocenters. The van der Waals surface area contributed by atoms with E-state index in [1.807, 2.05) is 18.2 Å². The van der Waals surface area contributed by atoms with Crippen LogP contribution in [0.5, 0.6) is 0 Å². The van der Waals surface area contributed by atoms with E-state index in [-0.39, 0.29) is 6.04 Å². The van der Waals surface area contributed by atoms with Crippen LogP contribution in [-0.2, 0) is 0 Å². The van der Waals surface area contributed by atoms with E-state index in [2.05, 4.69) is 4.90 Å². The van der Waals surface area contributed by atoms with Crippen LogP contribution in [0.1, 0.15) is 50.1 Å². The first-order chi connectivity index (χ1) is 10.2. The van der Waals surface area contributed by atoms with Crippen molar-refractivity contribution in [1.29, 1.82) is 0 Å². The number of halogens is 2. The number of rotatable bonds is 3. The third-order valence-electron chi connectivity index (χ3n) is 5.23. The molecule has 1 aliphatic carbocycles. The zero-order valence-electron chi connectivity index (χ0n) is 12.4. The Morgan fingerprint density at radius 1 is 1.14 bits per heavy atom. The van der Waals surface area contributed by atoms with Gasteiger partial charge in [-0.25, -0.2) is 0 Å². The summed E-state index contributed by atoms with van der Waals surface area (Å²) in [6.07, 6.45) is 8.07. The van der Waals surface area contributed by atoms with E-state index in [4.69, 9.17) is 28.9 Å². The number of piperidine rings is 1. The van der Waals surface area contributed by atoms with Gasteiger partial charge in [-0.15, -0.1) is 0 Å². The average molecular weight is 327 g/mol. The lowest BCUT2D eigenvalue weighted by atomic mass is 9.77. The molecular weight excluding hydrogens is 303 g/mol. The minimum Gasteiger partial charge on any atom is -0.329 e. The van der Waals surface area contributed by atoms with Crippen molar-refractivity contribution >= 4 is 23.2 Å². The summed E-state index contributed by atoms with van der Waals surface area (Å²) in [4.78, 5) is 2.62. The van der Waals surface area contributed by atoms with E-state index >= 15 is 0 Å². The van der Waals surface area contributed by atoms with Crippen LogP contribution >= 0.6 is 23.2 Å². The molecule has 116 valence electrons. The third-order valence-corrected chi connectivity index (χ3v) is 5.81. The summed E-state index contributed by atoms with van der Waals surface area (Å²) in [5.74, 6) is 0.847. The van der Waals surface area contributed by atoms with Gasteiger partial charge in [0.15, 0.2) is 0 Å². The minimum absolute atomic E-state index is 0.196. The van der Waals surface area contributed by atoms with E-state index in [1.165, 1.54) is 38.5 Å². The van der Waals surface area contributed by atoms with Crippen molar-refractivity contribution in [3.8, 4) is 0 Å². The number of fused-ring (bicyclic) bond motifs is 1. The monoisotopic (exact) mass is 326 g/mol. The maximum Gasteiger partial charge on any atom is 0.0488 e. The molecule has 2 aliphatic rings. The van der Waals surface area contributed by atoms with E-state index in [0.717, 1.165) is 28.1 Å². The lowest BCUT2D eigenvalue weighted by Crippen LogP contribution is -2.50. The maximum absolute atomic E-state index is 6.42. The Morgan fingerprint density at radius 2 is 1.90 bits per heavy atom. The molecule has 2 nitrogen and oxygen atoms in total. The number of benzene rings is 1. The van der Waals surface area contributed by atoms with Crippen LogP contribution in [0.3, 0.4) is 0 Å². The predicted octanol–water partition coefficient (Wildman–Crippen LogP) is 4.65. The molecule has 0 aromatic heterocycles. The summed E-state index contributed by atoms with van der Waals surface area (Å²) in [6, 6.07) is 6.61. The molecule has 4 heteroatoms. The second-order valence-corrected chi connectivity index (χ2v) is 7.25. The van der Waals surface area contributed by atoms with Gasteiger partial charge in [-0.05, 0) is 61.9 Å². The molecule has 2 N–H and O–H groups in total. The summed E-state index contributed by atoms with van der Waals surface area (Å²) in [5.41, 5.74) is 7.23. The van der Waals surface area contributed by atoms with Gasteiger partial charge in [-0.1, -0.05) is 36.0 Å². The standard InChI is InChI=1S/C17H24Cl2N2/c18-13-7-8-15(19)14(10-13)17(11-20)21-9-3-5-12-4-1-2-6-16(12)21/h7-8,10,12,16-17H,1-6,9,11,20H2/t12-,16-,17?/m1/s1. The summed E-state index contributed by atoms with van der Waals surface area (Å²) < 4.78 is 0. The fourth-order valence-electron chi connectivity index (χ4n) is 4.26. The molecule has 0 amide bonds. The molecular formula is C17H24Cl2N2. The molecule has 3 rings (SSSR count). The molecule has 1 aromatic carbocycles. The Kier molecular flexibility index (Phi) is 5.11. The van der Waals surface area contributed by atoms with Gasteiger partial charge < -0.3 is 5.73 Å². The van der Waals surface area contributed by atoms with Crippen LogP contribution in [0.2, 0.25) is 10.0 Å². The highest BCUT2D eigenvalue weighted by molar-refractivity contribution is 6.33. The zero-order valence-corrected chi connectivity index (χ0v) is 13.9. The van der Waals surface area contributed by atoms with Crippen LogP contribution in [-0.4, -0.2) is 24.0 Å². The fraction of sp³-hybridized carbons (Fsp3) is 0.647. The van der Waals surface area contributed by atoms with E-state index in [0.29, 0.717) is 12.6 Å². The third kappa shape index (κ3) is 3.24. The van der Waals surface area contributed by atoms with Gasteiger partial charge in [0.2, 0.25) is 0 Å². The summed E-state index contributed by atoms with van der Waals surface area (Å²) in [5, 5.41) is 1.53. The van der Waals surface area contributed by atoms with Gasteiger partial charge in [-0.2, -0.15) is 0 Å². The van der Waals surface area contributed by atoms with Gasteiger partial charge >= 0.3 is 0 Å². The second-order valence-electron chi connectivity index (χ2n) is 6.41. The first kappa shape index (κ1) is 15.6. The Hall–Kier alpha value is -0.280. The fourth-order valence-corrected chi connectivity index (χ4v) is 4.69. The first-order valence-electron chi connectivity index (χ1n) is 8.11. The molecule has 1 saturated carbocycles. The van der Waals surface area contributed by atoms with Crippen LogP contribution in [0.25, 0.3) is 0 Å². The van der Waals surface area contributed by atoms with Gasteiger partial charge in [0.05, 0.1) is 0 Å². The Balaban J connectivity index is 1.89. The SMILES string of the molecule is NCC(c1cc(Cl)ccc1Cl)N1CCC[C@H]2CCCC[C@H]21. The molecule has 1 aliphatic heterocycles. The highest BCUT2D eigenvalue weighted by Crippen LogP contribution is 2.40. The van der Waals surface area contributed by atoms with Crippen molar-refractivity contribution in [2.24, 2.45) is 11.7 Å². The van der Waals surface area contributed by atoms with E-state index in [1.54, 1.807) is 0 Å². The topological polar surface area (TPSA) is 29.3 Å². The van der Waals surface area contributed by atoms with Crippen molar-refractivity contribution in [3.63, 3.8) is 0 Å². The van der Waals surface area contributed by atoms with Crippen molar-refractivity contribution < 1.29 is 0 Å². The quantitative estimate of drug-likeness (QED) is 0.876. The summed E-state index contributed by atoms with van der Waals surface area (Å²) in [7, 11) is 0. The molecule has 21 heavy (non-hydrogen) atoms. The van der Waals surface area contributed by atoms with Gasteiger partial charge in [0.1, 0.15) is 0 Å². The van der Waals surface area contributed by atoms with Gasteiger partial charge in [-0.3, -0.25) is 4.90 Å². The molecule has 3 atom stereocenters. The van der Waals surface area contributed by atoms with Crippen molar-refractivity contribution in [2.75, 3.05) is 13.1 Å². The first-order valence-corrected chi connectivity index (χ1v) is 8.87. The normalized spacial score (nSPS) is 28.1. The van der Waals surface area contributed by atoms with Crippen molar-refractivity contribution in [1.82, 2.24) is 4.90 Å². The Morgan fingerprint density at radius 3 is 2.71 bits per heavy atom. The highest BCUT2D eigenvalue weighted by Gasteiger charge is 2.37. The average Bonchev–Trinajstić information content (AvgIpc) is 2.51. The largest absolute Gasteiger partial charge is 0.329 e. The molecule has 2 fully saturated rings. The van der Waals surface area contributed by atoms with E-state index < -0.39 is 0 Å². The number of nitrogens with zero attached hydrogens (tertiary/aromatic N) is 1. The zero-order chi connectivity index (χ0) is 14.8. The number of hydrogen-bond acceptors (Lipinski definition) is 2. The molecule has 1 heterocycles. The second kappa shape index (κ2) is 6.87. The van der Waals surface area contributed by atoms with Crippen molar-refractivity contribution in [2.45, 2.75) is 50.6 Å². The van der Waals surface area contributed by atoms with Crippen LogP contribution in [0, 0.1) is 5.92 Å². The number of hydrogen-bond donors (Lipinski definition) is 1. The van der Waals surface area contributed by atoms with Gasteiger partial charge in [0.25, 0.3) is 0 Å². The Labute approximate surface area is 137 Å². The predicted molar refractivity (Wildman–Crippen MR) is 89.9 cm³/mol. The molecule has 0 spiro atoms. The lowest BCUT2D eigenvalue weighted by molar-refractivity contribution is 0.0276. The molecule has 0 bridgehead atoms. The highest BCUT2D eigenvalue weighted by atomic mass is 35.5. The van der Waals surface area contributed by atoms with Crippen LogP contribution in [0.4, 0.5) is 0 Å². The smallest absolute Gasteiger partial charge is 0.0488 e. The Bertz CT molecular complexity index is 490. The maximum atomic E-state index is 6.42. The number of likely N-dealkylation sites (tertiary alicyclic amines) is 1. The van der Waals surface area contributed by atoms with Crippen molar-refractivity contribution in [3.05, 3.63) is 33.8 Å². The molecule has 1 saturated heterocycles. The number of nitrogens with two attached hydrogens (primary N) is 1. The van der Waals surface area contributed by atoms with Crippen LogP contribution in [0.15, 0.2) is 18.2 Å². The lowest BCUT2D eigenvalue weighted by Gasteiger charge is -2.47.